The molecule has 0 unspecified atom stereocenters. The van der Waals surface area contributed by atoms with Crippen molar-refractivity contribution in [2.75, 3.05) is 6.54 Å². The molecule has 0 spiro atoms. The number of nitrogens with one attached hydrogen (secondary N) is 2. The van der Waals surface area contributed by atoms with Gasteiger partial charge in [-0.3, -0.25) is 14.4 Å². The lowest BCUT2D eigenvalue weighted by molar-refractivity contribution is -0.145. The molecule has 1 aliphatic heterocycles. The van der Waals surface area contributed by atoms with Gasteiger partial charge in [-0.15, -0.1) is 11.3 Å². The Morgan fingerprint density at radius 1 is 1.18 bits per heavy atom. The van der Waals surface area contributed by atoms with Crippen LogP contribution in [-0.4, -0.2) is 64.3 Å². The number of aliphatic hydroxyl groups is 1. The summed E-state index contributed by atoms with van der Waals surface area (Å²) < 4.78 is 29.4. The van der Waals surface area contributed by atoms with Gasteiger partial charge in [0.2, 0.25) is 11.8 Å². The van der Waals surface area contributed by atoms with Gasteiger partial charge in [-0.1, -0.05) is 39.0 Å². The van der Waals surface area contributed by atoms with Gasteiger partial charge in [0.25, 0.3) is 5.91 Å². The Hall–Kier alpha value is -2.85. The normalized spacial score (nSPS) is 23.2. The molecular formula is C28H35F2N3O4S. The predicted molar refractivity (Wildman–Crippen MR) is 142 cm³/mol. The Bertz CT molecular complexity index is 1240. The number of benzene rings is 1. The zero-order chi connectivity index (χ0) is 28.0. The smallest absolute Gasteiger partial charge is 0.258 e. The van der Waals surface area contributed by atoms with Crippen LogP contribution >= 0.6 is 11.3 Å². The number of carbonyl (C=O) groups excluding carboxylic acids is 3. The number of amides is 3. The third-order valence-corrected chi connectivity index (χ3v) is 8.41. The second-order valence-electron chi connectivity index (χ2n) is 11.5. The zero-order valence-corrected chi connectivity index (χ0v) is 23.1. The van der Waals surface area contributed by atoms with E-state index >= 15 is 4.39 Å². The van der Waals surface area contributed by atoms with Crippen molar-refractivity contribution in [1.29, 1.82) is 0 Å². The Balaban J connectivity index is 1.48. The molecule has 2 aromatic rings. The molecule has 206 valence electrons. The van der Waals surface area contributed by atoms with Crippen molar-refractivity contribution in [2.24, 2.45) is 5.41 Å². The maximum Gasteiger partial charge on any atom is 0.258 e. The predicted octanol–water partition coefficient (Wildman–Crippen LogP) is 3.59. The molecule has 38 heavy (non-hydrogen) atoms. The molecule has 2 fully saturated rings. The van der Waals surface area contributed by atoms with Crippen molar-refractivity contribution in [3.63, 3.8) is 0 Å². The average Bonchev–Trinajstić information content (AvgIpc) is 3.33. The standard InChI is InChI=1S/C28H35F2N3O4S/c1-15-8-11-38-22(15)17-6-7-18(16(2)12-17)13-31-24(35)21-20(29)19(34)14-33(21)25(36)23(27(3,4)5)32-26(37)28(30)9-10-28/h6-8,11-12,19-21,23,34H,9-10,13-14H2,1-5H3,(H,31,35)(H,32,37)/t19-,20-,21-,23+/m0/s1. The SMILES string of the molecule is Cc1cc(-c2sccc2C)ccc1CNC(=O)[C@@H]1[C@@H](F)[C@@H](O)CN1C(=O)[C@@H](NC(=O)C1(F)CC1)C(C)(C)C. The van der Waals surface area contributed by atoms with Crippen LogP contribution in [0, 0.1) is 19.3 Å². The van der Waals surface area contributed by atoms with Gasteiger partial charge >= 0.3 is 0 Å². The van der Waals surface area contributed by atoms with Gasteiger partial charge in [0.15, 0.2) is 11.8 Å². The van der Waals surface area contributed by atoms with Crippen LogP contribution in [0.1, 0.15) is 50.3 Å². The maximum atomic E-state index is 15.1. The van der Waals surface area contributed by atoms with Crippen LogP contribution < -0.4 is 10.6 Å². The number of hydrogen-bond donors (Lipinski definition) is 3. The molecule has 0 radical (unpaired) electrons. The number of aryl methyl sites for hydroxylation is 2. The molecule has 1 saturated heterocycles. The molecule has 7 nitrogen and oxygen atoms in total. The number of alkyl halides is 2. The number of carbonyl (C=O) groups is 3. The lowest BCUT2D eigenvalue weighted by atomic mass is 9.85. The van der Waals surface area contributed by atoms with Crippen LogP contribution in [-0.2, 0) is 20.9 Å². The van der Waals surface area contributed by atoms with E-state index in [4.69, 9.17) is 0 Å². The number of hydrogen-bond acceptors (Lipinski definition) is 5. The highest BCUT2D eigenvalue weighted by atomic mass is 32.1. The Morgan fingerprint density at radius 3 is 2.42 bits per heavy atom. The van der Waals surface area contributed by atoms with Gasteiger partial charge in [0.05, 0.1) is 6.54 Å². The first-order chi connectivity index (χ1) is 17.7. The summed E-state index contributed by atoms with van der Waals surface area (Å²) in [5.74, 6) is -2.37. The number of thiophene rings is 1. The van der Waals surface area contributed by atoms with E-state index in [0.29, 0.717) is 0 Å². The number of aliphatic hydroxyl groups excluding tert-OH is 1. The Kier molecular flexibility index (Phi) is 7.69. The summed E-state index contributed by atoms with van der Waals surface area (Å²) in [4.78, 5) is 41.2. The summed E-state index contributed by atoms with van der Waals surface area (Å²) in [6.45, 7) is 8.73. The highest BCUT2D eigenvalue weighted by Crippen LogP contribution is 2.40. The zero-order valence-electron chi connectivity index (χ0n) is 22.3. The van der Waals surface area contributed by atoms with Crippen LogP contribution in [0.25, 0.3) is 10.4 Å². The van der Waals surface area contributed by atoms with Crippen molar-refractivity contribution in [2.45, 2.75) is 84.0 Å². The molecule has 4 atom stereocenters. The number of likely N-dealkylation sites (tertiary alicyclic amines) is 1. The van der Waals surface area contributed by atoms with Crippen molar-refractivity contribution >= 4 is 29.1 Å². The minimum absolute atomic E-state index is 0.0806. The number of β-amino-alcohol motifs (C(OH)–C–C–N with tert-alkyl or cyclic N) is 1. The van der Waals surface area contributed by atoms with Gasteiger partial charge in [-0.2, -0.15) is 0 Å². The first-order valence-electron chi connectivity index (χ1n) is 12.8. The van der Waals surface area contributed by atoms with E-state index in [1.165, 1.54) is 10.4 Å². The monoisotopic (exact) mass is 547 g/mol. The van der Waals surface area contributed by atoms with Crippen molar-refractivity contribution in [3.05, 3.63) is 46.3 Å². The average molecular weight is 548 g/mol. The maximum absolute atomic E-state index is 15.1. The fourth-order valence-electron chi connectivity index (χ4n) is 4.71. The third kappa shape index (κ3) is 5.61. The van der Waals surface area contributed by atoms with Crippen LogP contribution in [0.4, 0.5) is 8.78 Å². The summed E-state index contributed by atoms with van der Waals surface area (Å²) >= 11 is 1.65. The summed E-state index contributed by atoms with van der Waals surface area (Å²) in [6, 6.07) is 5.17. The number of nitrogens with zero attached hydrogens (tertiary/aromatic N) is 1. The van der Waals surface area contributed by atoms with Crippen molar-refractivity contribution < 1.29 is 28.3 Å². The molecule has 3 amide bonds. The van der Waals surface area contributed by atoms with E-state index in [9.17, 15) is 23.9 Å². The molecule has 2 aliphatic rings. The minimum Gasteiger partial charge on any atom is -0.388 e. The Labute approximate surface area is 225 Å². The number of halogens is 2. The molecule has 1 aromatic carbocycles. The lowest BCUT2D eigenvalue weighted by Gasteiger charge is -2.35. The van der Waals surface area contributed by atoms with Gasteiger partial charge in [-0.25, -0.2) is 8.78 Å². The summed E-state index contributed by atoms with van der Waals surface area (Å²) in [5, 5.41) is 17.4. The highest BCUT2D eigenvalue weighted by molar-refractivity contribution is 7.13. The lowest BCUT2D eigenvalue weighted by Crippen LogP contribution is -2.59. The topological polar surface area (TPSA) is 98.7 Å². The van der Waals surface area contributed by atoms with Crippen LogP contribution in [0.3, 0.4) is 0 Å². The fourth-order valence-corrected chi connectivity index (χ4v) is 5.64. The third-order valence-electron chi connectivity index (χ3n) is 7.34. The van der Waals surface area contributed by atoms with E-state index in [1.54, 1.807) is 32.1 Å². The van der Waals surface area contributed by atoms with Gasteiger partial charge < -0.3 is 20.6 Å². The molecule has 0 bridgehead atoms. The minimum atomic E-state index is -2.00. The van der Waals surface area contributed by atoms with E-state index in [0.717, 1.165) is 21.6 Å². The molecule has 1 aromatic heterocycles. The molecule has 1 aliphatic carbocycles. The second-order valence-corrected chi connectivity index (χ2v) is 12.4. The van der Waals surface area contributed by atoms with Crippen LogP contribution in [0.2, 0.25) is 0 Å². The van der Waals surface area contributed by atoms with Crippen molar-refractivity contribution in [3.8, 4) is 10.4 Å². The van der Waals surface area contributed by atoms with Gasteiger partial charge in [-0.05, 0) is 65.8 Å². The molecular weight excluding hydrogens is 512 g/mol. The fraction of sp³-hybridized carbons (Fsp3) is 0.536. The second kappa shape index (κ2) is 10.4. The van der Waals surface area contributed by atoms with Gasteiger partial charge in [0, 0.05) is 11.4 Å². The largest absolute Gasteiger partial charge is 0.388 e. The molecule has 4 rings (SSSR count). The first kappa shape index (κ1) is 28.2. The van der Waals surface area contributed by atoms with E-state index in [-0.39, 0.29) is 19.4 Å². The molecule has 10 heteroatoms. The first-order valence-corrected chi connectivity index (χ1v) is 13.6. The summed E-state index contributed by atoms with van der Waals surface area (Å²) in [7, 11) is 0. The molecule has 3 N–H and O–H groups in total. The summed E-state index contributed by atoms with van der Waals surface area (Å²) in [5.41, 5.74) is 1.18. The quantitative estimate of drug-likeness (QED) is 0.494. The van der Waals surface area contributed by atoms with E-state index in [1.807, 2.05) is 37.4 Å². The molecule has 2 heterocycles. The van der Waals surface area contributed by atoms with Gasteiger partial charge in [0.1, 0.15) is 18.2 Å². The van der Waals surface area contributed by atoms with Crippen LogP contribution in [0.5, 0.6) is 0 Å². The van der Waals surface area contributed by atoms with E-state index < -0.39 is 59.7 Å². The van der Waals surface area contributed by atoms with Crippen LogP contribution in [0.15, 0.2) is 29.6 Å². The summed E-state index contributed by atoms with van der Waals surface area (Å²) in [6.07, 6.45) is -3.40. The molecule has 1 saturated carbocycles. The van der Waals surface area contributed by atoms with E-state index in [2.05, 4.69) is 16.7 Å². The van der Waals surface area contributed by atoms with Crippen molar-refractivity contribution in [1.82, 2.24) is 15.5 Å². The Morgan fingerprint density at radius 2 is 1.87 bits per heavy atom. The highest BCUT2D eigenvalue weighted by Gasteiger charge is 2.54. The number of rotatable bonds is 7.